The molecule has 0 amide bonds. The zero-order chi connectivity index (χ0) is 13.7. The lowest BCUT2D eigenvalue weighted by atomic mass is 10.2. The van der Waals surface area contributed by atoms with Crippen molar-refractivity contribution in [2.45, 2.75) is 20.8 Å². The molecule has 3 heterocycles. The van der Waals surface area contributed by atoms with Gasteiger partial charge in [0.15, 0.2) is 10.8 Å². The first-order valence-electron chi connectivity index (χ1n) is 6.12. The highest BCUT2D eigenvalue weighted by atomic mass is 32.1. The molecule has 0 atom stereocenters. The first kappa shape index (κ1) is 13.4. The molecule has 98 valence electrons. The summed E-state index contributed by atoms with van der Waals surface area (Å²) in [6, 6.07) is 5.70. The highest BCUT2D eigenvalue weighted by molar-refractivity contribution is 7.13. The molecule has 0 saturated carbocycles. The molecule has 0 unspecified atom stereocenters. The third-order valence-corrected chi connectivity index (χ3v) is 3.27. The molecule has 0 aliphatic heterocycles. The summed E-state index contributed by atoms with van der Waals surface area (Å²) in [4.78, 5) is 8.41. The summed E-state index contributed by atoms with van der Waals surface area (Å²) in [5.74, 6) is 0.696. The lowest BCUT2D eigenvalue weighted by molar-refractivity contribution is 0.434. The largest absolute Gasteiger partial charge is 0.353 e. The Labute approximate surface area is 116 Å². The summed E-state index contributed by atoms with van der Waals surface area (Å²) in [5.41, 5.74) is 2.71. The van der Waals surface area contributed by atoms with Gasteiger partial charge in [-0.1, -0.05) is 19.0 Å². The Morgan fingerprint density at radius 1 is 1.26 bits per heavy atom. The van der Waals surface area contributed by atoms with Crippen LogP contribution in [0.3, 0.4) is 0 Å². The van der Waals surface area contributed by atoms with Crippen LogP contribution in [0.25, 0.3) is 22.0 Å². The number of aromatic nitrogens is 3. The smallest absolute Gasteiger partial charge is 0.196 e. The predicted molar refractivity (Wildman–Crippen MR) is 76.9 cm³/mol. The van der Waals surface area contributed by atoms with E-state index in [-0.39, 0.29) is 0 Å². The molecule has 19 heavy (non-hydrogen) atoms. The topological polar surface area (TPSA) is 51.8 Å². The number of hydrogen-bond donors (Lipinski definition) is 0. The molecular weight excluding hydrogens is 258 g/mol. The van der Waals surface area contributed by atoms with Crippen LogP contribution in [0.2, 0.25) is 0 Å². The highest BCUT2D eigenvalue weighted by Gasteiger charge is 2.11. The van der Waals surface area contributed by atoms with Gasteiger partial charge in [0.25, 0.3) is 0 Å². The summed E-state index contributed by atoms with van der Waals surface area (Å²) >= 11 is 1.55. The summed E-state index contributed by atoms with van der Waals surface area (Å²) in [5, 5.41) is 6.86. The van der Waals surface area contributed by atoms with Gasteiger partial charge in [-0.15, -0.1) is 11.3 Å². The molecule has 3 aromatic heterocycles. The Morgan fingerprint density at radius 2 is 2.11 bits per heavy atom. The van der Waals surface area contributed by atoms with Crippen LogP contribution in [0.15, 0.2) is 40.5 Å². The van der Waals surface area contributed by atoms with E-state index in [1.54, 1.807) is 23.7 Å². The number of nitrogens with zero attached hydrogens (tertiary/aromatic N) is 3. The van der Waals surface area contributed by atoms with Crippen molar-refractivity contribution >= 4 is 11.3 Å². The van der Waals surface area contributed by atoms with E-state index in [0.717, 1.165) is 22.0 Å². The molecule has 5 heteroatoms. The first-order chi connectivity index (χ1) is 9.33. The predicted octanol–water partition coefficient (Wildman–Crippen LogP) is 4.19. The summed E-state index contributed by atoms with van der Waals surface area (Å²) in [6.45, 7) is 5.96. The number of hydrogen-bond acceptors (Lipinski definition) is 5. The fourth-order valence-corrected chi connectivity index (χ4v) is 2.24. The van der Waals surface area contributed by atoms with Crippen LogP contribution in [-0.4, -0.2) is 15.1 Å². The van der Waals surface area contributed by atoms with Gasteiger partial charge in [-0.25, -0.2) is 4.98 Å². The maximum Gasteiger partial charge on any atom is 0.196 e. The molecule has 4 nitrogen and oxygen atoms in total. The average molecular weight is 273 g/mol. The van der Waals surface area contributed by atoms with E-state index in [2.05, 4.69) is 15.1 Å². The zero-order valence-electron chi connectivity index (χ0n) is 11.1. The minimum atomic E-state index is 0.696. The molecule has 0 radical (unpaired) electrons. The van der Waals surface area contributed by atoms with Crippen LogP contribution in [0.4, 0.5) is 0 Å². The number of pyridine rings is 1. The summed E-state index contributed by atoms with van der Waals surface area (Å²) in [7, 11) is 0. The zero-order valence-corrected chi connectivity index (χ0v) is 11.9. The molecule has 0 aliphatic rings. The van der Waals surface area contributed by atoms with E-state index in [0.29, 0.717) is 5.76 Å². The van der Waals surface area contributed by atoms with Gasteiger partial charge >= 0.3 is 0 Å². The minimum Gasteiger partial charge on any atom is -0.353 e. The van der Waals surface area contributed by atoms with Crippen molar-refractivity contribution in [1.82, 2.24) is 15.1 Å². The van der Waals surface area contributed by atoms with Gasteiger partial charge in [-0.05, 0) is 19.1 Å². The lowest BCUT2D eigenvalue weighted by Gasteiger charge is -1.90. The van der Waals surface area contributed by atoms with Crippen LogP contribution in [-0.2, 0) is 0 Å². The molecular formula is C14H15N3OS. The molecule has 0 N–H and O–H groups in total. The van der Waals surface area contributed by atoms with Crippen molar-refractivity contribution < 1.29 is 4.52 Å². The second-order valence-corrected chi connectivity index (χ2v) is 4.47. The van der Waals surface area contributed by atoms with Gasteiger partial charge in [-0.2, -0.15) is 0 Å². The van der Waals surface area contributed by atoms with Crippen molar-refractivity contribution in [1.29, 1.82) is 0 Å². The Morgan fingerprint density at radius 3 is 2.74 bits per heavy atom. The molecule has 0 aromatic carbocycles. The number of aryl methyl sites for hydroxylation is 1. The molecule has 3 aromatic rings. The SMILES string of the molecule is CC.Cc1csc(-c2cc(-c3cccnc3)no2)n1. The molecule has 3 rings (SSSR count). The maximum absolute atomic E-state index is 5.29. The monoisotopic (exact) mass is 273 g/mol. The van der Waals surface area contributed by atoms with Gasteiger partial charge in [0.05, 0.1) is 0 Å². The van der Waals surface area contributed by atoms with E-state index >= 15 is 0 Å². The molecule has 0 fully saturated rings. The fourth-order valence-electron chi connectivity index (χ4n) is 1.49. The second-order valence-electron chi connectivity index (χ2n) is 3.61. The van der Waals surface area contributed by atoms with Gasteiger partial charge in [0.2, 0.25) is 0 Å². The summed E-state index contributed by atoms with van der Waals surface area (Å²) in [6.07, 6.45) is 3.49. The molecule has 0 spiro atoms. The van der Waals surface area contributed by atoms with E-state index in [4.69, 9.17) is 4.52 Å². The summed E-state index contributed by atoms with van der Waals surface area (Å²) < 4.78 is 5.29. The van der Waals surface area contributed by atoms with Gasteiger partial charge in [0.1, 0.15) is 5.69 Å². The lowest BCUT2D eigenvalue weighted by Crippen LogP contribution is -1.77. The van der Waals surface area contributed by atoms with E-state index in [1.807, 2.05) is 44.4 Å². The van der Waals surface area contributed by atoms with Crippen molar-refractivity contribution in [3.05, 3.63) is 41.7 Å². The first-order valence-corrected chi connectivity index (χ1v) is 7.00. The molecule has 0 saturated heterocycles. The van der Waals surface area contributed by atoms with Crippen LogP contribution in [0.1, 0.15) is 19.5 Å². The number of rotatable bonds is 2. The van der Waals surface area contributed by atoms with Crippen LogP contribution >= 0.6 is 11.3 Å². The van der Waals surface area contributed by atoms with Gasteiger partial charge < -0.3 is 4.52 Å². The van der Waals surface area contributed by atoms with Crippen molar-refractivity contribution in [3.8, 4) is 22.0 Å². The third-order valence-electron chi connectivity index (χ3n) is 2.30. The standard InChI is InChI=1S/C12H9N3OS.C2H6/c1-8-7-17-12(14-8)11-5-10(15-16-11)9-3-2-4-13-6-9;1-2/h2-7H,1H3;1-2H3. The quantitative estimate of drug-likeness (QED) is 0.702. The normalized spacial score (nSPS) is 9.84. The Bertz CT molecular complexity index is 631. The van der Waals surface area contributed by atoms with E-state index in [9.17, 15) is 0 Å². The Balaban J connectivity index is 0.000000637. The third kappa shape index (κ3) is 3.06. The highest BCUT2D eigenvalue weighted by Crippen LogP contribution is 2.27. The second kappa shape index (κ2) is 6.24. The van der Waals surface area contributed by atoms with Crippen molar-refractivity contribution in [3.63, 3.8) is 0 Å². The van der Waals surface area contributed by atoms with Crippen molar-refractivity contribution in [2.75, 3.05) is 0 Å². The molecule has 0 bridgehead atoms. The van der Waals surface area contributed by atoms with Gasteiger partial charge in [0, 0.05) is 35.1 Å². The van der Waals surface area contributed by atoms with E-state index in [1.165, 1.54) is 0 Å². The van der Waals surface area contributed by atoms with Crippen molar-refractivity contribution in [2.24, 2.45) is 0 Å². The average Bonchev–Trinajstić information content (AvgIpc) is 3.10. The van der Waals surface area contributed by atoms with Crippen LogP contribution in [0, 0.1) is 6.92 Å². The Kier molecular flexibility index (Phi) is 4.41. The maximum atomic E-state index is 5.29. The van der Waals surface area contributed by atoms with Crippen LogP contribution < -0.4 is 0 Å². The van der Waals surface area contributed by atoms with Gasteiger partial charge in [-0.3, -0.25) is 4.98 Å². The minimum absolute atomic E-state index is 0.696. The van der Waals surface area contributed by atoms with E-state index < -0.39 is 0 Å². The van der Waals surface area contributed by atoms with Crippen LogP contribution in [0.5, 0.6) is 0 Å². The molecule has 0 aliphatic carbocycles. The fraction of sp³-hybridized carbons (Fsp3) is 0.214. The number of thiazole rings is 1. The Hall–Kier alpha value is -2.01.